The third-order valence-electron chi connectivity index (χ3n) is 4.34. The molecule has 0 aliphatic carbocycles. The Bertz CT molecular complexity index is 1060. The minimum absolute atomic E-state index is 0.0277. The number of nitrogens with zero attached hydrogens (tertiary/aromatic N) is 4. The van der Waals surface area contributed by atoms with E-state index in [1.54, 1.807) is 30.3 Å². The molecular weight excluding hydrogens is 411 g/mol. The molecule has 1 fully saturated rings. The lowest BCUT2D eigenvalue weighted by molar-refractivity contribution is -0.114. The van der Waals surface area contributed by atoms with Crippen LogP contribution in [0.1, 0.15) is 6.92 Å². The third kappa shape index (κ3) is 4.74. The van der Waals surface area contributed by atoms with Crippen molar-refractivity contribution in [2.45, 2.75) is 13.0 Å². The topological polar surface area (TPSA) is 92.3 Å². The maximum atomic E-state index is 13.0. The van der Waals surface area contributed by atoms with Crippen molar-refractivity contribution >= 4 is 40.8 Å². The van der Waals surface area contributed by atoms with E-state index in [2.05, 4.69) is 25.6 Å². The van der Waals surface area contributed by atoms with Gasteiger partial charge in [-0.3, -0.25) is 4.79 Å². The fraction of sp³-hybridized carbons (Fsp3) is 0.200. The van der Waals surface area contributed by atoms with Crippen molar-refractivity contribution in [3.05, 3.63) is 59.6 Å². The van der Waals surface area contributed by atoms with Crippen LogP contribution in [0.5, 0.6) is 5.75 Å². The van der Waals surface area contributed by atoms with Gasteiger partial charge in [-0.25, -0.2) is 14.4 Å². The number of carbonyl (C=O) groups is 1. The van der Waals surface area contributed by atoms with E-state index in [1.807, 2.05) is 4.90 Å². The smallest absolute Gasteiger partial charge is 0.231 e. The third-order valence-corrected chi connectivity index (χ3v) is 4.67. The Hall–Kier alpha value is -3.46. The van der Waals surface area contributed by atoms with Gasteiger partial charge >= 0.3 is 0 Å². The van der Waals surface area contributed by atoms with Crippen molar-refractivity contribution in [3.8, 4) is 5.75 Å². The van der Waals surface area contributed by atoms with Crippen LogP contribution in [0.2, 0.25) is 5.02 Å². The predicted molar refractivity (Wildman–Crippen MR) is 112 cm³/mol. The molecule has 3 aromatic rings. The molecule has 1 aliphatic rings. The van der Waals surface area contributed by atoms with Crippen LogP contribution < -0.4 is 20.3 Å². The summed E-state index contributed by atoms with van der Waals surface area (Å²) in [6, 6.07) is 11.1. The van der Waals surface area contributed by atoms with Crippen LogP contribution in [-0.4, -0.2) is 40.1 Å². The van der Waals surface area contributed by atoms with E-state index in [4.69, 9.17) is 16.3 Å². The predicted octanol–water partition coefficient (Wildman–Crippen LogP) is 3.63. The minimum Gasteiger partial charge on any atom is -0.487 e. The highest BCUT2D eigenvalue weighted by molar-refractivity contribution is 6.33. The highest BCUT2D eigenvalue weighted by Crippen LogP contribution is 2.27. The lowest BCUT2D eigenvalue weighted by atomic mass is 10.2. The summed E-state index contributed by atoms with van der Waals surface area (Å²) >= 11 is 6.10. The van der Waals surface area contributed by atoms with Crippen LogP contribution in [-0.2, 0) is 4.79 Å². The second-order valence-corrected chi connectivity index (χ2v) is 7.12. The van der Waals surface area contributed by atoms with Gasteiger partial charge in [-0.2, -0.15) is 4.98 Å². The lowest BCUT2D eigenvalue weighted by Crippen LogP contribution is -2.54. The Kier molecular flexibility index (Phi) is 5.62. The average Bonchev–Trinajstić information content (AvgIpc) is 2.68. The van der Waals surface area contributed by atoms with Gasteiger partial charge in [0.25, 0.3) is 0 Å². The summed E-state index contributed by atoms with van der Waals surface area (Å²) in [5.41, 5.74) is 1.16. The number of anilines is 4. The van der Waals surface area contributed by atoms with E-state index in [0.29, 0.717) is 47.1 Å². The molecule has 2 aromatic carbocycles. The largest absolute Gasteiger partial charge is 0.487 e. The number of benzene rings is 2. The zero-order valence-electron chi connectivity index (χ0n) is 16.0. The normalized spacial score (nSPS) is 13.5. The van der Waals surface area contributed by atoms with Crippen LogP contribution in [0, 0.1) is 5.82 Å². The van der Waals surface area contributed by atoms with Crippen LogP contribution in [0.15, 0.2) is 48.8 Å². The van der Waals surface area contributed by atoms with E-state index >= 15 is 0 Å². The Morgan fingerprint density at radius 2 is 1.97 bits per heavy atom. The Morgan fingerprint density at radius 3 is 2.70 bits per heavy atom. The fourth-order valence-corrected chi connectivity index (χ4v) is 3.06. The molecule has 0 atom stereocenters. The quantitative estimate of drug-likeness (QED) is 0.619. The number of amides is 1. The molecule has 1 aromatic heterocycles. The first-order valence-corrected chi connectivity index (χ1v) is 9.54. The molecule has 1 amide bonds. The highest BCUT2D eigenvalue weighted by atomic mass is 35.5. The van der Waals surface area contributed by atoms with Crippen molar-refractivity contribution < 1.29 is 13.9 Å². The van der Waals surface area contributed by atoms with Crippen molar-refractivity contribution in [1.82, 2.24) is 15.0 Å². The summed E-state index contributed by atoms with van der Waals surface area (Å²) in [5, 5.41) is 6.18. The number of halogens is 2. The van der Waals surface area contributed by atoms with E-state index in [9.17, 15) is 9.18 Å². The lowest BCUT2D eigenvalue weighted by Gasteiger charge is -2.38. The van der Waals surface area contributed by atoms with Gasteiger partial charge in [-0.05, 0) is 42.5 Å². The van der Waals surface area contributed by atoms with Gasteiger partial charge < -0.3 is 20.3 Å². The monoisotopic (exact) mass is 428 g/mol. The van der Waals surface area contributed by atoms with Gasteiger partial charge in [0.15, 0.2) is 0 Å². The van der Waals surface area contributed by atoms with E-state index < -0.39 is 0 Å². The van der Waals surface area contributed by atoms with Crippen LogP contribution >= 0.6 is 11.6 Å². The summed E-state index contributed by atoms with van der Waals surface area (Å²) in [5.74, 6) is 0.984. The van der Waals surface area contributed by atoms with Gasteiger partial charge in [0.05, 0.1) is 23.8 Å². The van der Waals surface area contributed by atoms with Crippen LogP contribution in [0.4, 0.5) is 27.7 Å². The first kappa shape index (κ1) is 19.8. The molecule has 2 heterocycles. The molecule has 0 saturated carbocycles. The zero-order valence-corrected chi connectivity index (χ0v) is 16.7. The van der Waals surface area contributed by atoms with E-state index in [-0.39, 0.29) is 17.8 Å². The minimum atomic E-state index is -0.298. The SMILES string of the molecule is CC(=O)Nc1cc(Nc2ncnc(N3CC(Oc4ccc(F)cc4)C3)n2)ccc1Cl. The van der Waals surface area contributed by atoms with Gasteiger partial charge in [0, 0.05) is 12.6 Å². The van der Waals surface area contributed by atoms with E-state index in [0.717, 1.165) is 0 Å². The van der Waals surface area contributed by atoms with Gasteiger partial charge in [0.2, 0.25) is 17.8 Å². The molecule has 0 radical (unpaired) electrons. The molecule has 0 spiro atoms. The number of carbonyl (C=O) groups excluding carboxylic acids is 1. The van der Waals surface area contributed by atoms with Crippen LogP contribution in [0.3, 0.4) is 0 Å². The molecule has 154 valence electrons. The van der Waals surface area contributed by atoms with E-state index in [1.165, 1.54) is 25.4 Å². The molecule has 30 heavy (non-hydrogen) atoms. The summed E-state index contributed by atoms with van der Waals surface area (Å²) in [7, 11) is 0. The summed E-state index contributed by atoms with van der Waals surface area (Å²) in [6.07, 6.45) is 1.39. The number of hydrogen-bond donors (Lipinski definition) is 2. The van der Waals surface area contributed by atoms with Gasteiger partial charge in [-0.15, -0.1) is 0 Å². The molecule has 10 heteroatoms. The number of rotatable bonds is 6. The Morgan fingerprint density at radius 1 is 1.20 bits per heavy atom. The number of aromatic nitrogens is 3. The number of nitrogens with one attached hydrogen (secondary N) is 2. The molecule has 8 nitrogen and oxygen atoms in total. The van der Waals surface area contributed by atoms with Gasteiger partial charge in [0.1, 0.15) is 24.0 Å². The fourth-order valence-electron chi connectivity index (χ4n) is 2.90. The molecule has 0 unspecified atom stereocenters. The van der Waals surface area contributed by atoms with Crippen molar-refractivity contribution in [2.75, 3.05) is 28.6 Å². The first-order chi connectivity index (χ1) is 14.5. The molecular formula is C20H18ClFN6O2. The van der Waals surface area contributed by atoms with Gasteiger partial charge in [-0.1, -0.05) is 11.6 Å². The van der Waals surface area contributed by atoms with Crippen LogP contribution in [0.25, 0.3) is 0 Å². The second kappa shape index (κ2) is 8.50. The second-order valence-electron chi connectivity index (χ2n) is 6.71. The highest BCUT2D eigenvalue weighted by Gasteiger charge is 2.30. The molecule has 1 saturated heterocycles. The molecule has 0 bridgehead atoms. The number of ether oxygens (including phenoxy) is 1. The summed E-state index contributed by atoms with van der Waals surface area (Å²) in [6.45, 7) is 2.62. The molecule has 4 rings (SSSR count). The molecule has 2 N–H and O–H groups in total. The summed E-state index contributed by atoms with van der Waals surface area (Å²) < 4.78 is 18.8. The Balaban J connectivity index is 1.38. The Labute approximate surface area is 177 Å². The zero-order chi connectivity index (χ0) is 21.1. The van der Waals surface area contributed by atoms with Crippen molar-refractivity contribution in [2.24, 2.45) is 0 Å². The standard InChI is InChI=1S/C20H18ClFN6O2/c1-12(29)25-18-8-14(4-7-17(18)21)26-19-23-11-24-20(27-19)28-9-16(10-28)30-15-5-2-13(22)3-6-15/h2-8,11,16H,9-10H2,1H3,(H,25,29)(H,23,24,26,27). The maximum absolute atomic E-state index is 13.0. The average molecular weight is 429 g/mol. The molecule has 1 aliphatic heterocycles. The first-order valence-electron chi connectivity index (χ1n) is 9.16. The maximum Gasteiger partial charge on any atom is 0.231 e. The number of hydrogen-bond acceptors (Lipinski definition) is 7. The summed E-state index contributed by atoms with van der Waals surface area (Å²) in [4.78, 5) is 26.0. The van der Waals surface area contributed by atoms with Crippen molar-refractivity contribution in [1.29, 1.82) is 0 Å². The van der Waals surface area contributed by atoms with Crippen molar-refractivity contribution in [3.63, 3.8) is 0 Å².